The van der Waals surface area contributed by atoms with Crippen molar-refractivity contribution >= 4 is 23.5 Å². The number of amides is 1. The fraction of sp³-hybridized carbons (Fsp3) is 0.556. The van der Waals surface area contributed by atoms with Crippen molar-refractivity contribution in [3.05, 3.63) is 34.9 Å². The summed E-state index contributed by atoms with van der Waals surface area (Å²) < 4.78 is 0. The Kier molecular flexibility index (Phi) is 5.93. The van der Waals surface area contributed by atoms with E-state index >= 15 is 0 Å². The van der Waals surface area contributed by atoms with Crippen molar-refractivity contribution in [2.24, 2.45) is 0 Å². The summed E-state index contributed by atoms with van der Waals surface area (Å²) in [5, 5.41) is 9.96. The number of benzene rings is 1. The van der Waals surface area contributed by atoms with E-state index in [1.165, 1.54) is 5.56 Å². The van der Waals surface area contributed by atoms with E-state index in [1.807, 2.05) is 23.1 Å². The molecule has 0 radical (unpaired) electrons. The first-order chi connectivity index (χ1) is 12.0. The number of aliphatic carboxylic acids is 1. The highest BCUT2D eigenvalue weighted by atomic mass is 35.5. The average Bonchev–Trinajstić information content (AvgIpc) is 3.04. The lowest BCUT2D eigenvalue weighted by atomic mass is 10.2. The molecule has 2 aliphatic heterocycles. The standard InChI is InChI=1S/C18H24ClN3O3/c19-15-4-1-3-14(11-15)12-20-7-9-21(10-8-20)17(23)13-22-6-2-5-16(22)18(24)25/h1,3-4,11,16H,2,5-10,12-13H2,(H,24,25). The lowest BCUT2D eigenvalue weighted by Crippen LogP contribution is -2.51. The summed E-state index contributed by atoms with van der Waals surface area (Å²) in [6.45, 7) is 4.75. The first kappa shape index (κ1) is 18.2. The van der Waals surface area contributed by atoms with Crippen LogP contribution in [0, 0.1) is 0 Å². The van der Waals surface area contributed by atoms with Gasteiger partial charge >= 0.3 is 5.97 Å². The molecule has 0 aliphatic carbocycles. The van der Waals surface area contributed by atoms with Gasteiger partial charge < -0.3 is 10.0 Å². The van der Waals surface area contributed by atoms with Gasteiger partial charge in [0.25, 0.3) is 0 Å². The summed E-state index contributed by atoms with van der Waals surface area (Å²) >= 11 is 6.02. The molecule has 0 bridgehead atoms. The van der Waals surface area contributed by atoms with Crippen LogP contribution in [0.5, 0.6) is 0 Å². The number of piperazine rings is 1. The molecule has 2 fully saturated rings. The van der Waals surface area contributed by atoms with Crippen molar-refractivity contribution in [2.75, 3.05) is 39.3 Å². The molecule has 6 nitrogen and oxygen atoms in total. The fourth-order valence-electron chi connectivity index (χ4n) is 3.62. The van der Waals surface area contributed by atoms with E-state index in [9.17, 15) is 14.7 Å². The molecule has 1 N–H and O–H groups in total. The molecule has 0 spiro atoms. The number of hydrogen-bond acceptors (Lipinski definition) is 4. The molecule has 1 amide bonds. The molecule has 1 aromatic rings. The molecule has 7 heteroatoms. The monoisotopic (exact) mass is 365 g/mol. The van der Waals surface area contributed by atoms with Crippen LogP contribution in [0.15, 0.2) is 24.3 Å². The number of rotatable bonds is 5. The molecule has 0 saturated carbocycles. The molecule has 1 aromatic carbocycles. The van der Waals surface area contributed by atoms with Gasteiger partial charge in [-0.1, -0.05) is 23.7 Å². The van der Waals surface area contributed by atoms with Gasteiger partial charge in [-0.2, -0.15) is 0 Å². The van der Waals surface area contributed by atoms with Gasteiger partial charge in [-0.15, -0.1) is 0 Å². The number of carbonyl (C=O) groups excluding carboxylic acids is 1. The fourth-order valence-corrected chi connectivity index (χ4v) is 3.83. The van der Waals surface area contributed by atoms with Crippen molar-refractivity contribution in [1.29, 1.82) is 0 Å². The average molecular weight is 366 g/mol. The normalized spacial score (nSPS) is 22.3. The zero-order chi connectivity index (χ0) is 17.8. The minimum absolute atomic E-state index is 0.0376. The van der Waals surface area contributed by atoms with Crippen LogP contribution < -0.4 is 0 Å². The van der Waals surface area contributed by atoms with Gasteiger partial charge in [-0.25, -0.2) is 0 Å². The van der Waals surface area contributed by atoms with E-state index in [0.29, 0.717) is 26.1 Å². The second-order valence-electron chi connectivity index (χ2n) is 6.75. The van der Waals surface area contributed by atoms with Gasteiger partial charge in [0.1, 0.15) is 6.04 Å². The second-order valence-corrected chi connectivity index (χ2v) is 7.19. The lowest BCUT2D eigenvalue weighted by Gasteiger charge is -2.35. The van der Waals surface area contributed by atoms with Gasteiger partial charge in [-0.3, -0.25) is 19.4 Å². The van der Waals surface area contributed by atoms with Gasteiger partial charge in [0.2, 0.25) is 5.91 Å². The third-order valence-corrected chi connectivity index (χ3v) is 5.24. The maximum atomic E-state index is 12.5. The van der Waals surface area contributed by atoms with Crippen molar-refractivity contribution in [3.8, 4) is 0 Å². The maximum Gasteiger partial charge on any atom is 0.320 e. The maximum absolute atomic E-state index is 12.5. The van der Waals surface area contributed by atoms with E-state index in [2.05, 4.69) is 11.0 Å². The lowest BCUT2D eigenvalue weighted by molar-refractivity contribution is -0.143. The van der Waals surface area contributed by atoms with Gasteiger partial charge in [-0.05, 0) is 37.1 Å². The summed E-state index contributed by atoms with van der Waals surface area (Å²) in [6.07, 6.45) is 1.48. The molecule has 0 aromatic heterocycles. The van der Waals surface area contributed by atoms with Crippen molar-refractivity contribution < 1.29 is 14.7 Å². The second kappa shape index (κ2) is 8.17. The van der Waals surface area contributed by atoms with Crippen molar-refractivity contribution in [3.63, 3.8) is 0 Å². The molecule has 2 aliphatic rings. The highest BCUT2D eigenvalue weighted by Crippen LogP contribution is 2.18. The number of carboxylic acid groups (broad SMARTS) is 1. The van der Waals surface area contributed by atoms with Crippen LogP contribution in [0.4, 0.5) is 0 Å². The molecular weight excluding hydrogens is 342 g/mol. The highest BCUT2D eigenvalue weighted by molar-refractivity contribution is 6.30. The number of carboxylic acids is 1. The third-order valence-electron chi connectivity index (χ3n) is 5.01. The molecular formula is C18H24ClN3O3. The molecule has 3 rings (SSSR count). The first-order valence-corrected chi connectivity index (χ1v) is 9.12. The van der Waals surface area contributed by atoms with Crippen LogP contribution in [0.3, 0.4) is 0 Å². The summed E-state index contributed by atoms with van der Waals surface area (Å²) in [7, 11) is 0. The zero-order valence-corrected chi connectivity index (χ0v) is 15.0. The largest absolute Gasteiger partial charge is 0.480 e. The Morgan fingerprint density at radius 1 is 1.16 bits per heavy atom. The van der Waals surface area contributed by atoms with Gasteiger partial charge in [0.15, 0.2) is 0 Å². The van der Waals surface area contributed by atoms with E-state index in [4.69, 9.17) is 11.6 Å². The van der Waals surface area contributed by atoms with Crippen LogP contribution in [-0.4, -0.2) is 77.0 Å². The Labute approximate surface area is 152 Å². The minimum Gasteiger partial charge on any atom is -0.480 e. The van der Waals surface area contributed by atoms with Crippen molar-refractivity contribution in [1.82, 2.24) is 14.7 Å². The van der Waals surface area contributed by atoms with Crippen LogP contribution in [0.2, 0.25) is 5.02 Å². The van der Waals surface area contributed by atoms with Crippen LogP contribution in [0.1, 0.15) is 18.4 Å². The zero-order valence-electron chi connectivity index (χ0n) is 14.2. The summed E-state index contributed by atoms with van der Waals surface area (Å²) in [4.78, 5) is 29.7. The summed E-state index contributed by atoms with van der Waals surface area (Å²) in [6, 6.07) is 7.34. The van der Waals surface area contributed by atoms with Crippen LogP contribution in [-0.2, 0) is 16.1 Å². The van der Waals surface area contributed by atoms with E-state index in [0.717, 1.165) is 31.1 Å². The SMILES string of the molecule is O=C(O)C1CCCN1CC(=O)N1CCN(Cc2cccc(Cl)c2)CC1. The first-order valence-electron chi connectivity index (χ1n) is 8.74. The van der Waals surface area contributed by atoms with Gasteiger partial charge in [0, 0.05) is 37.7 Å². The smallest absolute Gasteiger partial charge is 0.320 e. The minimum atomic E-state index is -0.823. The van der Waals surface area contributed by atoms with E-state index < -0.39 is 12.0 Å². The topological polar surface area (TPSA) is 64.1 Å². The van der Waals surface area contributed by atoms with Crippen molar-refractivity contribution in [2.45, 2.75) is 25.4 Å². The van der Waals surface area contributed by atoms with E-state index in [-0.39, 0.29) is 12.5 Å². The van der Waals surface area contributed by atoms with Crippen LogP contribution >= 0.6 is 11.6 Å². The number of hydrogen-bond donors (Lipinski definition) is 1. The summed E-state index contributed by atoms with van der Waals surface area (Å²) in [5.41, 5.74) is 1.17. The molecule has 25 heavy (non-hydrogen) atoms. The number of likely N-dealkylation sites (tertiary alicyclic amines) is 1. The third kappa shape index (κ3) is 4.71. The Bertz CT molecular complexity index is 632. The van der Waals surface area contributed by atoms with Gasteiger partial charge in [0.05, 0.1) is 6.54 Å². The predicted molar refractivity (Wildman–Crippen MR) is 95.5 cm³/mol. The Morgan fingerprint density at radius 2 is 1.92 bits per heavy atom. The Balaban J connectivity index is 1.47. The molecule has 2 saturated heterocycles. The number of nitrogens with zero attached hydrogens (tertiary/aromatic N) is 3. The van der Waals surface area contributed by atoms with E-state index in [1.54, 1.807) is 4.90 Å². The van der Waals surface area contributed by atoms with Crippen LogP contribution in [0.25, 0.3) is 0 Å². The predicted octanol–water partition coefficient (Wildman–Crippen LogP) is 1.53. The Hall–Kier alpha value is -1.63. The Morgan fingerprint density at radius 3 is 2.60 bits per heavy atom. The molecule has 1 unspecified atom stereocenters. The number of halogens is 1. The molecule has 2 heterocycles. The number of carbonyl (C=O) groups is 2. The molecule has 1 atom stereocenters. The quantitative estimate of drug-likeness (QED) is 0.857. The summed E-state index contributed by atoms with van der Waals surface area (Å²) in [5.74, 6) is -0.785. The molecule has 136 valence electrons. The highest BCUT2D eigenvalue weighted by Gasteiger charge is 2.33.